The van der Waals surface area contributed by atoms with Crippen molar-refractivity contribution in [1.29, 1.82) is 0 Å². The number of hydrogen-bond donors (Lipinski definition) is 1. The minimum atomic E-state index is -2.12. The molecular weight excluding hydrogens is 162 g/mol. The van der Waals surface area contributed by atoms with Crippen LogP contribution in [0.3, 0.4) is 0 Å². The van der Waals surface area contributed by atoms with Gasteiger partial charge >= 0.3 is 0 Å². The third-order valence-corrected chi connectivity index (χ3v) is 2.31. The molecule has 0 saturated carbocycles. The molecule has 64 valence electrons. The molecule has 0 spiro atoms. The van der Waals surface area contributed by atoms with Crippen molar-refractivity contribution in [3.8, 4) is 0 Å². The van der Waals surface area contributed by atoms with Crippen LogP contribution in [-0.4, -0.2) is 14.8 Å². The van der Waals surface area contributed by atoms with E-state index in [0.29, 0.717) is 0 Å². The van der Waals surface area contributed by atoms with Gasteiger partial charge in [0.25, 0.3) is 0 Å². The van der Waals surface area contributed by atoms with Gasteiger partial charge in [-0.05, 0) is 26.2 Å². The molecule has 1 aliphatic rings. The Morgan fingerprint density at radius 2 is 2.55 bits per heavy atom. The van der Waals surface area contributed by atoms with Gasteiger partial charge in [-0.2, -0.15) is 0 Å². The van der Waals surface area contributed by atoms with Gasteiger partial charge in [-0.25, -0.2) is 4.72 Å². The smallest absolute Gasteiger partial charge is 0.0367 e. The minimum absolute atomic E-state index is 0.0297. The third-order valence-electron chi connectivity index (χ3n) is 1.82. The number of rotatable bonds is 2. The monoisotopic (exact) mass is 174 g/mol. The van der Waals surface area contributed by atoms with Gasteiger partial charge in [0.2, 0.25) is 0 Å². The van der Waals surface area contributed by atoms with E-state index in [0.717, 1.165) is 19.3 Å². The third kappa shape index (κ3) is 3.14. The molecule has 2 atom stereocenters. The number of allylic oxidation sites excluding steroid dienone is 1. The van der Waals surface area contributed by atoms with Crippen LogP contribution in [0.4, 0.5) is 0 Å². The summed E-state index contributed by atoms with van der Waals surface area (Å²) >= 11 is -2.12. The van der Waals surface area contributed by atoms with Gasteiger partial charge < -0.3 is 4.55 Å². The van der Waals surface area contributed by atoms with E-state index in [9.17, 15) is 8.76 Å². The van der Waals surface area contributed by atoms with E-state index in [1.807, 2.05) is 13.0 Å². The van der Waals surface area contributed by atoms with Crippen LogP contribution in [0, 0.1) is 0 Å². The summed E-state index contributed by atoms with van der Waals surface area (Å²) in [5.41, 5.74) is 1.28. The standard InChI is InChI=1S/C7H13NO2S/c1-6-3-2-4-7(5-6)8-11(9)10/h5,7-8H,2-4H2,1H3,(H,9,10)/p-1. The summed E-state index contributed by atoms with van der Waals surface area (Å²) in [6, 6.07) is 0.0297. The molecule has 1 N–H and O–H groups in total. The van der Waals surface area contributed by atoms with E-state index < -0.39 is 11.3 Å². The minimum Gasteiger partial charge on any atom is -0.760 e. The fourth-order valence-electron chi connectivity index (χ4n) is 1.33. The summed E-state index contributed by atoms with van der Waals surface area (Å²) in [5.74, 6) is 0. The highest BCUT2D eigenvalue weighted by Gasteiger charge is 2.09. The largest absolute Gasteiger partial charge is 0.760 e. The lowest BCUT2D eigenvalue weighted by Gasteiger charge is -2.21. The van der Waals surface area contributed by atoms with E-state index in [1.54, 1.807) is 0 Å². The first kappa shape index (κ1) is 8.90. The average Bonchev–Trinajstić information content (AvgIpc) is 1.85. The van der Waals surface area contributed by atoms with Crippen LogP contribution >= 0.6 is 0 Å². The van der Waals surface area contributed by atoms with E-state index in [4.69, 9.17) is 0 Å². The molecule has 0 heterocycles. The molecular formula is C7H12NO2S-. The van der Waals surface area contributed by atoms with Gasteiger partial charge in [0.1, 0.15) is 0 Å². The van der Waals surface area contributed by atoms with Crippen molar-refractivity contribution in [3.05, 3.63) is 11.6 Å². The molecule has 0 amide bonds. The molecule has 0 radical (unpaired) electrons. The Morgan fingerprint density at radius 1 is 1.82 bits per heavy atom. The highest BCUT2D eigenvalue weighted by Crippen LogP contribution is 2.16. The molecule has 2 unspecified atom stereocenters. The molecule has 0 bridgehead atoms. The van der Waals surface area contributed by atoms with Crippen LogP contribution in [0.25, 0.3) is 0 Å². The SMILES string of the molecule is CC1=CC(NS(=O)[O-])CCC1. The summed E-state index contributed by atoms with van der Waals surface area (Å²) in [7, 11) is 0. The lowest BCUT2D eigenvalue weighted by Crippen LogP contribution is -2.30. The van der Waals surface area contributed by atoms with Crippen molar-refractivity contribution in [1.82, 2.24) is 4.72 Å². The molecule has 0 aromatic carbocycles. The van der Waals surface area contributed by atoms with E-state index in [1.165, 1.54) is 5.57 Å². The quantitative estimate of drug-likeness (QED) is 0.499. The van der Waals surface area contributed by atoms with Crippen LogP contribution in [0.1, 0.15) is 26.2 Å². The van der Waals surface area contributed by atoms with Gasteiger partial charge in [0.05, 0.1) is 0 Å². The molecule has 0 saturated heterocycles. The first-order valence-electron chi connectivity index (χ1n) is 3.71. The van der Waals surface area contributed by atoms with Crippen molar-refractivity contribution in [2.45, 2.75) is 32.2 Å². The highest BCUT2D eigenvalue weighted by molar-refractivity contribution is 7.77. The Hall–Kier alpha value is -0.190. The first-order valence-corrected chi connectivity index (χ1v) is 4.78. The lowest BCUT2D eigenvalue weighted by atomic mass is 9.98. The molecule has 0 aromatic rings. The summed E-state index contributed by atoms with van der Waals surface area (Å²) in [6.07, 6.45) is 5.09. The Bertz CT molecular complexity index is 191. The van der Waals surface area contributed by atoms with Gasteiger partial charge in [0, 0.05) is 17.3 Å². The Labute approximate surface area is 69.3 Å². The maximum Gasteiger partial charge on any atom is 0.0367 e. The van der Waals surface area contributed by atoms with Crippen LogP contribution in [0.5, 0.6) is 0 Å². The first-order chi connectivity index (χ1) is 5.18. The molecule has 3 nitrogen and oxygen atoms in total. The van der Waals surface area contributed by atoms with E-state index in [2.05, 4.69) is 4.72 Å². The Kier molecular flexibility index (Phi) is 3.23. The predicted octanol–water partition coefficient (Wildman–Crippen LogP) is 0.869. The van der Waals surface area contributed by atoms with Gasteiger partial charge in [-0.15, -0.1) is 0 Å². The molecule has 11 heavy (non-hydrogen) atoms. The van der Waals surface area contributed by atoms with Crippen LogP contribution in [0.2, 0.25) is 0 Å². The van der Waals surface area contributed by atoms with Gasteiger partial charge in [0.15, 0.2) is 0 Å². The second-order valence-corrected chi connectivity index (χ2v) is 3.57. The molecule has 0 fully saturated rings. The molecule has 0 aromatic heterocycles. The zero-order valence-electron chi connectivity index (χ0n) is 6.50. The van der Waals surface area contributed by atoms with Crippen LogP contribution in [0.15, 0.2) is 11.6 Å². The van der Waals surface area contributed by atoms with Crippen molar-refractivity contribution in [2.24, 2.45) is 0 Å². The predicted molar refractivity (Wildman–Crippen MR) is 43.5 cm³/mol. The zero-order valence-corrected chi connectivity index (χ0v) is 7.32. The normalized spacial score (nSPS) is 27.8. The average molecular weight is 174 g/mol. The van der Waals surface area contributed by atoms with Crippen molar-refractivity contribution in [3.63, 3.8) is 0 Å². The molecule has 0 aliphatic heterocycles. The van der Waals surface area contributed by atoms with Gasteiger partial charge in [-0.1, -0.05) is 11.6 Å². The fourth-order valence-corrected chi connectivity index (χ4v) is 1.76. The Balaban J connectivity index is 2.46. The topological polar surface area (TPSA) is 52.2 Å². The maximum atomic E-state index is 10.2. The summed E-state index contributed by atoms with van der Waals surface area (Å²) < 4.78 is 22.9. The highest BCUT2D eigenvalue weighted by atomic mass is 32.2. The lowest BCUT2D eigenvalue weighted by molar-refractivity contribution is 0.501. The van der Waals surface area contributed by atoms with Crippen molar-refractivity contribution in [2.75, 3.05) is 0 Å². The molecule has 1 aliphatic carbocycles. The number of nitrogens with one attached hydrogen (secondary N) is 1. The molecule has 1 rings (SSSR count). The van der Waals surface area contributed by atoms with Crippen LogP contribution in [-0.2, 0) is 11.3 Å². The van der Waals surface area contributed by atoms with E-state index >= 15 is 0 Å². The van der Waals surface area contributed by atoms with Crippen molar-refractivity contribution >= 4 is 11.3 Å². The van der Waals surface area contributed by atoms with Crippen LogP contribution < -0.4 is 4.72 Å². The summed E-state index contributed by atoms with van der Waals surface area (Å²) in [5, 5.41) is 0. The van der Waals surface area contributed by atoms with E-state index in [-0.39, 0.29) is 6.04 Å². The fraction of sp³-hybridized carbons (Fsp3) is 0.714. The summed E-state index contributed by atoms with van der Waals surface area (Å²) in [6.45, 7) is 2.03. The number of hydrogen-bond acceptors (Lipinski definition) is 2. The zero-order chi connectivity index (χ0) is 8.27. The summed E-state index contributed by atoms with van der Waals surface area (Å²) in [4.78, 5) is 0. The maximum absolute atomic E-state index is 10.2. The van der Waals surface area contributed by atoms with Gasteiger partial charge in [-0.3, -0.25) is 4.21 Å². The Morgan fingerprint density at radius 3 is 3.09 bits per heavy atom. The second-order valence-electron chi connectivity index (χ2n) is 2.86. The molecule has 4 heteroatoms. The van der Waals surface area contributed by atoms with Crippen molar-refractivity contribution < 1.29 is 8.76 Å². The second kappa shape index (κ2) is 3.99.